The molecule has 2 N–H and O–H groups in total. The van der Waals surface area contributed by atoms with E-state index in [1.165, 1.54) is 0 Å². The molecule has 0 aliphatic heterocycles. The summed E-state index contributed by atoms with van der Waals surface area (Å²) in [5.41, 5.74) is 1.02. The molecule has 0 unspecified atom stereocenters. The van der Waals surface area contributed by atoms with Gasteiger partial charge in [-0.2, -0.15) is 0 Å². The van der Waals surface area contributed by atoms with Gasteiger partial charge < -0.3 is 10.2 Å². The molecule has 1 rings (SSSR count). The van der Waals surface area contributed by atoms with Gasteiger partial charge in [0.25, 0.3) is 0 Å². The van der Waals surface area contributed by atoms with Crippen molar-refractivity contribution in [3.05, 3.63) is 42.0 Å². The molecule has 2 nitrogen and oxygen atoms in total. The summed E-state index contributed by atoms with van der Waals surface area (Å²) in [5.74, 6) is 0. The highest BCUT2D eigenvalue weighted by molar-refractivity contribution is 5.49. The standard InChI is InChI=1S/C10H12O2/c11-8-10(12)7-6-9-4-2-1-3-5-9/h1-7,10-12H,8H2/t10-/m0/s1. The first-order valence-electron chi connectivity index (χ1n) is 3.85. The Bertz CT molecular complexity index is 241. The third kappa shape index (κ3) is 2.86. The number of hydrogen-bond donors (Lipinski definition) is 2. The van der Waals surface area contributed by atoms with Crippen molar-refractivity contribution in [1.29, 1.82) is 0 Å². The van der Waals surface area contributed by atoms with E-state index in [4.69, 9.17) is 10.2 Å². The molecule has 0 amide bonds. The fraction of sp³-hybridized carbons (Fsp3) is 0.200. The molecule has 0 saturated carbocycles. The number of aliphatic hydroxyl groups is 2. The molecule has 1 aromatic carbocycles. The van der Waals surface area contributed by atoms with Crippen LogP contribution in [0.2, 0.25) is 0 Å². The molecule has 64 valence electrons. The molecule has 0 bridgehead atoms. The van der Waals surface area contributed by atoms with Gasteiger partial charge in [0.1, 0.15) is 0 Å². The van der Waals surface area contributed by atoms with Crippen molar-refractivity contribution >= 4 is 6.08 Å². The van der Waals surface area contributed by atoms with Gasteiger partial charge in [-0.25, -0.2) is 0 Å². The Morgan fingerprint density at radius 1 is 1.25 bits per heavy atom. The average molecular weight is 164 g/mol. The summed E-state index contributed by atoms with van der Waals surface area (Å²) in [4.78, 5) is 0. The van der Waals surface area contributed by atoms with Gasteiger partial charge >= 0.3 is 0 Å². The van der Waals surface area contributed by atoms with Gasteiger partial charge in [0.15, 0.2) is 0 Å². The molecule has 0 fully saturated rings. The molecule has 0 aromatic heterocycles. The lowest BCUT2D eigenvalue weighted by Gasteiger charge is -1.97. The number of aliphatic hydroxyl groups excluding tert-OH is 2. The molecular formula is C10H12O2. The first-order valence-corrected chi connectivity index (χ1v) is 3.85. The maximum Gasteiger partial charge on any atom is 0.0954 e. The van der Waals surface area contributed by atoms with E-state index in [1.807, 2.05) is 30.3 Å². The monoisotopic (exact) mass is 164 g/mol. The van der Waals surface area contributed by atoms with Crippen molar-refractivity contribution in [2.24, 2.45) is 0 Å². The Labute approximate surface area is 71.8 Å². The third-order valence-corrected chi connectivity index (χ3v) is 1.50. The second-order valence-corrected chi connectivity index (χ2v) is 2.52. The summed E-state index contributed by atoms with van der Waals surface area (Å²) in [5, 5.41) is 17.5. The molecule has 0 saturated heterocycles. The lowest BCUT2D eigenvalue weighted by atomic mass is 10.2. The van der Waals surface area contributed by atoms with Gasteiger partial charge in [0.2, 0.25) is 0 Å². The van der Waals surface area contributed by atoms with E-state index in [-0.39, 0.29) is 6.61 Å². The van der Waals surface area contributed by atoms with E-state index in [0.717, 1.165) is 5.56 Å². The van der Waals surface area contributed by atoms with E-state index in [1.54, 1.807) is 12.2 Å². The predicted molar refractivity (Wildman–Crippen MR) is 48.6 cm³/mol. The van der Waals surface area contributed by atoms with Crippen LogP contribution in [0.5, 0.6) is 0 Å². The summed E-state index contributed by atoms with van der Waals surface area (Å²) in [6.45, 7) is -0.233. The van der Waals surface area contributed by atoms with E-state index >= 15 is 0 Å². The summed E-state index contributed by atoms with van der Waals surface area (Å²) in [7, 11) is 0. The molecule has 12 heavy (non-hydrogen) atoms. The summed E-state index contributed by atoms with van der Waals surface area (Å²) < 4.78 is 0. The van der Waals surface area contributed by atoms with E-state index in [2.05, 4.69) is 0 Å². The average Bonchev–Trinajstić information content (AvgIpc) is 2.16. The van der Waals surface area contributed by atoms with E-state index < -0.39 is 6.10 Å². The lowest BCUT2D eigenvalue weighted by molar-refractivity contribution is 0.131. The Kier molecular flexibility index (Phi) is 3.51. The van der Waals surface area contributed by atoms with Crippen LogP contribution >= 0.6 is 0 Å². The molecular weight excluding hydrogens is 152 g/mol. The Hall–Kier alpha value is -1.12. The summed E-state index contributed by atoms with van der Waals surface area (Å²) in [6.07, 6.45) is 2.58. The van der Waals surface area contributed by atoms with Gasteiger partial charge in [-0.05, 0) is 5.56 Å². The maximum atomic E-state index is 8.98. The highest BCUT2D eigenvalue weighted by Gasteiger charge is 1.92. The summed E-state index contributed by atoms with van der Waals surface area (Å²) >= 11 is 0. The smallest absolute Gasteiger partial charge is 0.0954 e. The molecule has 2 heteroatoms. The second kappa shape index (κ2) is 4.70. The van der Waals surface area contributed by atoms with Crippen LogP contribution in [0, 0.1) is 0 Å². The Morgan fingerprint density at radius 3 is 2.50 bits per heavy atom. The van der Waals surface area contributed by atoms with Crippen molar-refractivity contribution < 1.29 is 10.2 Å². The quantitative estimate of drug-likeness (QED) is 0.701. The predicted octanol–water partition coefficient (Wildman–Crippen LogP) is 1.05. The minimum atomic E-state index is -0.759. The number of rotatable bonds is 3. The van der Waals surface area contributed by atoms with Crippen LogP contribution in [-0.4, -0.2) is 22.9 Å². The van der Waals surface area contributed by atoms with Gasteiger partial charge in [-0.15, -0.1) is 0 Å². The van der Waals surface area contributed by atoms with Crippen LogP contribution < -0.4 is 0 Å². The zero-order valence-corrected chi connectivity index (χ0v) is 6.72. The maximum absolute atomic E-state index is 8.98. The molecule has 0 aliphatic carbocycles. The van der Waals surface area contributed by atoms with Gasteiger partial charge in [-0.1, -0.05) is 42.5 Å². The lowest BCUT2D eigenvalue weighted by Crippen LogP contribution is -2.06. The first-order chi connectivity index (χ1) is 5.83. The van der Waals surface area contributed by atoms with Crippen LogP contribution in [0.25, 0.3) is 6.08 Å². The minimum Gasteiger partial charge on any atom is -0.393 e. The highest BCUT2D eigenvalue weighted by atomic mass is 16.3. The van der Waals surface area contributed by atoms with E-state index in [0.29, 0.717) is 0 Å². The number of benzene rings is 1. The van der Waals surface area contributed by atoms with Gasteiger partial charge in [0.05, 0.1) is 12.7 Å². The van der Waals surface area contributed by atoms with Crippen LogP contribution in [0.3, 0.4) is 0 Å². The fourth-order valence-corrected chi connectivity index (χ4v) is 0.847. The molecule has 1 aromatic rings. The van der Waals surface area contributed by atoms with Crippen LogP contribution in [0.1, 0.15) is 5.56 Å². The van der Waals surface area contributed by atoms with Crippen molar-refractivity contribution in [3.63, 3.8) is 0 Å². The second-order valence-electron chi connectivity index (χ2n) is 2.52. The van der Waals surface area contributed by atoms with Crippen LogP contribution in [0.4, 0.5) is 0 Å². The Morgan fingerprint density at radius 2 is 1.92 bits per heavy atom. The zero-order valence-electron chi connectivity index (χ0n) is 6.72. The third-order valence-electron chi connectivity index (χ3n) is 1.50. The first kappa shape index (κ1) is 8.97. The van der Waals surface area contributed by atoms with Gasteiger partial charge in [0, 0.05) is 0 Å². The van der Waals surface area contributed by atoms with E-state index in [9.17, 15) is 0 Å². The van der Waals surface area contributed by atoms with Crippen LogP contribution in [0.15, 0.2) is 36.4 Å². The fourth-order valence-electron chi connectivity index (χ4n) is 0.847. The minimum absolute atomic E-state index is 0.233. The topological polar surface area (TPSA) is 40.5 Å². The van der Waals surface area contributed by atoms with Crippen molar-refractivity contribution in [1.82, 2.24) is 0 Å². The van der Waals surface area contributed by atoms with Gasteiger partial charge in [-0.3, -0.25) is 0 Å². The normalized spacial score (nSPS) is 13.5. The molecule has 0 heterocycles. The molecule has 0 spiro atoms. The number of hydrogen-bond acceptors (Lipinski definition) is 2. The van der Waals surface area contributed by atoms with Crippen molar-refractivity contribution in [2.45, 2.75) is 6.10 Å². The largest absolute Gasteiger partial charge is 0.393 e. The molecule has 0 radical (unpaired) electrons. The Balaban J connectivity index is 2.58. The molecule has 0 aliphatic rings. The molecule has 1 atom stereocenters. The van der Waals surface area contributed by atoms with Crippen LogP contribution in [-0.2, 0) is 0 Å². The van der Waals surface area contributed by atoms with Crippen molar-refractivity contribution in [2.75, 3.05) is 6.61 Å². The zero-order chi connectivity index (χ0) is 8.81. The SMILES string of the molecule is OC[C@@H](O)C=Cc1ccccc1. The van der Waals surface area contributed by atoms with Crippen molar-refractivity contribution in [3.8, 4) is 0 Å². The highest BCUT2D eigenvalue weighted by Crippen LogP contribution is 2.01. The summed E-state index contributed by atoms with van der Waals surface area (Å²) in [6, 6.07) is 9.64.